The fourth-order valence-corrected chi connectivity index (χ4v) is 6.27. The zero-order valence-corrected chi connectivity index (χ0v) is 25.7. The van der Waals surface area contributed by atoms with Crippen molar-refractivity contribution in [2.45, 2.75) is 110 Å². The molecule has 0 spiro atoms. The number of nitrogens with zero attached hydrogens (tertiary/aromatic N) is 5. The first kappa shape index (κ1) is 30.8. The highest BCUT2D eigenvalue weighted by atomic mass is 28.3. The largest absolute Gasteiger partial charge is 0.361 e. The highest BCUT2D eigenvalue weighted by Crippen LogP contribution is 2.35. The molecule has 0 radical (unpaired) electrons. The molecule has 0 atom stereocenters. The summed E-state index contributed by atoms with van der Waals surface area (Å²) in [6.07, 6.45) is 4.30. The van der Waals surface area contributed by atoms with E-state index in [-0.39, 0.29) is 41.9 Å². The Labute approximate surface area is 232 Å². The van der Waals surface area contributed by atoms with Crippen LogP contribution in [0.4, 0.5) is 4.79 Å². The molecule has 2 heterocycles. The molecule has 0 N–H and O–H groups in total. The zero-order valence-electron chi connectivity index (χ0n) is 24.7. The molecule has 1 saturated heterocycles. The number of nitriles is 1. The van der Waals surface area contributed by atoms with Gasteiger partial charge in [-0.1, -0.05) is 33.0 Å². The number of aromatic nitrogens is 2. The van der Waals surface area contributed by atoms with Crippen molar-refractivity contribution in [1.29, 1.82) is 5.26 Å². The van der Waals surface area contributed by atoms with Crippen LogP contribution in [0.3, 0.4) is 0 Å². The zero-order chi connectivity index (χ0) is 29.1. The van der Waals surface area contributed by atoms with Gasteiger partial charge in [-0.2, -0.15) is 5.26 Å². The van der Waals surface area contributed by atoms with Gasteiger partial charge in [0.25, 0.3) is 11.5 Å². The smallest absolute Gasteiger partial charge is 0.331 e. The summed E-state index contributed by atoms with van der Waals surface area (Å²) in [6.45, 7) is 15.4. The molecule has 1 saturated carbocycles. The van der Waals surface area contributed by atoms with Crippen molar-refractivity contribution >= 4 is 20.0 Å². The standard InChI is InChI=1S/C28H45N5O5Si/c1-8-9-14-30-20(2)23(17-29)24(34)33(27(30)37)22-12-10-21(11-13-22)18-32-26(36)31(25(35)28(32,3)4)19-38-15-16-39(5,6)7/h21-22H,8-16,18-19H2,1-7H3. The van der Waals surface area contributed by atoms with E-state index >= 15 is 0 Å². The molecule has 3 amide bonds. The van der Waals surface area contributed by atoms with Crippen LogP contribution in [0.5, 0.6) is 0 Å². The second kappa shape index (κ2) is 12.2. The summed E-state index contributed by atoms with van der Waals surface area (Å²) in [4.78, 5) is 55.6. The number of carbonyl (C=O) groups excluding carboxylic acids is 2. The van der Waals surface area contributed by atoms with Crippen LogP contribution in [0.15, 0.2) is 9.59 Å². The lowest BCUT2D eigenvalue weighted by atomic mass is 9.85. The van der Waals surface area contributed by atoms with Crippen molar-refractivity contribution in [3.05, 3.63) is 32.1 Å². The number of hydrogen-bond donors (Lipinski definition) is 0. The van der Waals surface area contributed by atoms with Gasteiger partial charge in [-0.05, 0) is 64.8 Å². The Hall–Kier alpha value is -2.71. The SMILES string of the molecule is CCCCn1c(C)c(C#N)c(=O)n(C2CCC(CN3C(=O)N(COCC[Si](C)(C)C)C(=O)C3(C)C)CC2)c1=O. The number of carbonyl (C=O) groups is 2. The van der Waals surface area contributed by atoms with E-state index in [9.17, 15) is 24.4 Å². The average Bonchev–Trinajstić information content (AvgIpc) is 3.01. The lowest BCUT2D eigenvalue weighted by Crippen LogP contribution is -2.48. The number of urea groups is 1. The minimum Gasteiger partial charge on any atom is -0.361 e. The monoisotopic (exact) mass is 559 g/mol. The minimum atomic E-state index is -1.28. The quantitative estimate of drug-likeness (QED) is 0.229. The fourth-order valence-electron chi connectivity index (χ4n) is 5.52. The van der Waals surface area contributed by atoms with Gasteiger partial charge in [-0.3, -0.25) is 18.7 Å². The van der Waals surface area contributed by atoms with Gasteiger partial charge in [0.1, 0.15) is 23.9 Å². The first-order valence-electron chi connectivity index (χ1n) is 14.2. The third-order valence-electron chi connectivity index (χ3n) is 8.23. The molecule has 10 nitrogen and oxygen atoms in total. The molecule has 3 rings (SSSR count). The lowest BCUT2D eigenvalue weighted by molar-refractivity contribution is -0.135. The van der Waals surface area contributed by atoms with Crippen LogP contribution in [0.1, 0.15) is 76.6 Å². The number of unbranched alkanes of at least 4 members (excludes halogenated alkanes) is 1. The molecular weight excluding hydrogens is 514 g/mol. The Morgan fingerprint density at radius 3 is 2.28 bits per heavy atom. The highest BCUT2D eigenvalue weighted by Gasteiger charge is 2.51. The van der Waals surface area contributed by atoms with E-state index in [1.807, 2.05) is 13.0 Å². The molecule has 1 aromatic heterocycles. The molecular formula is C28H45N5O5Si. The normalized spacial score (nSPS) is 21.5. The molecule has 0 unspecified atom stereocenters. The molecule has 1 aromatic rings. The minimum absolute atomic E-state index is 0.0305. The van der Waals surface area contributed by atoms with Crippen LogP contribution in [0, 0.1) is 24.2 Å². The van der Waals surface area contributed by atoms with Gasteiger partial charge < -0.3 is 9.64 Å². The maximum Gasteiger partial charge on any atom is 0.331 e. The lowest BCUT2D eigenvalue weighted by Gasteiger charge is -2.35. The van der Waals surface area contributed by atoms with Crippen molar-refractivity contribution in [3.8, 4) is 6.07 Å². The average molecular weight is 560 g/mol. The number of rotatable bonds is 11. The Bertz CT molecular complexity index is 1230. The van der Waals surface area contributed by atoms with E-state index in [1.54, 1.807) is 30.2 Å². The molecule has 216 valence electrons. The summed E-state index contributed by atoms with van der Waals surface area (Å²) >= 11 is 0. The van der Waals surface area contributed by atoms with E-state index in [0.29, 0.717) is 51.1 Å². The van der Waals surface area contributed by atoms with Crippen LogP contribution in [0.25, 0.3) is 0 Å². The summed E-state index contributed by atoms with van der Waals surface area (Å²) in [5.41, 5.74) is -1.36. The van der Waals surface area contributed by atoms with E-state index < -0.39 is 19.2 Å². The van der Waals surface area contributed by atoms with Gasteiger partial charge in [0.2, 0.25) is 0 Å². The van der Waals surface area contributed by atoms with E-state index in [1.165, 1.54) is 9.47 Å². The number of amides is 3. The number of imide groups is 1. The van der Waals surface area contributed by atoms with E-state index in [0.717, 1.165) is 18.9 Å². The number of ether oxygens (including phenoxy) is 1. The molecule has 11 heteroatoms. The predicted molar refractivity (Wildman–Crippen MR) is 152 cm³/mol. The summed E-state index contributed by atoms with van der Waals surface area (Å²) in [6, 6.07) is 2.35. The van der Waals surface area contributed by atoms with Crippen LogP contribution in [-0.4, -0.2) is 64.4 Å². The summed E-state index contributed by atoms with van der Waals surface area (Å²) in [5.74, 6) is -0.110. The first-order chi connectivity index (χ1) is 18.2. The molecule has 2 aliphatic rings. The van der Waals surface area contributed by atoms with Gasteiger partial charge in [-0.15, -0.1) is 0 Å². The first-order valence-corrected chi connectivity index (χ1v) is 17.9. The maximum absolute atomic E-state index is 13.3. The van der Waals surface area contributed by atoms with Crippen molar-refractivity contribution in [2.75, 3.05) is 19.9 Å². The Morgan fingerprint density at radius 2 is 1.72 bits per heavy atom. The van der Waals surface area contributed by atoms with Crippen LogP contribution in [-0.2, 0) is 16.1 Å². The van der Waals surface area contributed by atoms with Gasteiger partial charge in [-0.25, -0.2) is 14.5 Å². The van der Waals surface area contributed by atoms with Crippen LogP contribution >= 0.6 is 0 Å². The third kappa shape index (κ3) is 6.55. The Balaban J connectivity index is 1.69. The molecule has 1 aliphatic carbocycles. The van der Waals surface area contributed by atoms with Crippen LogP contribution < -0.4 is 11.2 Å². The van der Waals surface area contributed by atoms with Gasteiger partial charge >= 0.3 is 11.7 Å². The molecule has 1 aliphatic heterocycles. The van der Waals surface area contributed by atoms with Gasteiger partial charge in [0.15, 0.2) is 0 Å². The van der Waals surface area contributed by atoms with Crippen molar-refractivity contribution < 1.29 is 14.3 Å². The Morgan fingerprint density at radius 1 is 1.08 bits per heavy atom. The number of hydrogen-bond acceptors (Lipinski definition) is 6. The Kier molecular flexibility index (Phi) is 9.65. The van der Waals surface area contributed by atoms with Crippen LogP contribution in [0.2, 0.25) is 25.7 Å². The summed E-state index contributed by atoms with van der Waals surface area (Å²) in [7, 11) is -1.28. The second-order valence-corrected chi connectivity index (χ2v) is 18.4. The molecule has 39 heavy (non-hydrogen) atoms. The van der Waals surface area contributed by atoms with Crippen molar-refractivity contribution in [1.82, 2.24) is 18.9 Å². The van der Waals surface area contributed by atoms with Gasteiger partial charge in [0.05, 0.1) is 0 Å². The van der Waals surface area contributed by atoms with E-state index in [4.69, 9.17) is 4.74 Å². The molecule has 2 fully saturated rings. The maximum atomic E-state index is 13.3. The van der Waals surface area contributed by atoms with E-state index in [2.05, 4.69) is 19.6 Å². The molecule has 0 aromatic carbocycles. The highest BCUT2D eigenvalue weighted by molar-refractivity contribution is 6.76. The fraction of sp³-hybridized carbons (Fsp3) is 0.750. The topological polar surface area (TPSA) is 118 Å². The molecule has 0 bridgehead atoms. The summed E-state index contributed by atoms with van der Waals surface area (Å²) < 4.78 is 8.56. The van der Waals surface area contributed by atoms with Gasteiger partial charge in [0, 0.05) is 39.5 Å². The van der Waals surface area contributed by atoms with Crippen molar-refractivity contribution in [2.24, 2.45) is 5.92 Å². The second-order valence-electron chi connectivity index (χ2n) is 12.7. The third-order valence-corrected chi connectivity index (χ3v) is 9.93. The summed E-state index contributed by atoms with van der Waals surface area (Å²) in [5, 5.41) is 9.63. The van der Waals surface area contributed by atoms with Crippen molar-refractivity contribution in [3.63, 3.8) is 0 Å². The predicted octanol–water partition coefficient (Wildman–Crippen LogP) is 4.08.